The molecule has 0 aliphatic carbocycles. The van der Waals surface area contributed by atoms with E-state index in [1.54, 1.807) is 25.2 Å². The lowest BCUT2D eigenvalue weighted by Crippen LogP contribution is -2.20. The lowest BCUT2D eigenvalue weighted by atomic mass is 10.1. The minimum atomic E-state index is -0.335. The molecule has 4 nitrogen and oxygen atoms in total. The largest absolute Gasteiger partial charge is 0.508 e. The van der Waals surface area contributed by atoms with Gasteiger partial charge < -0.3 is 15.2 Å². The summed E-state index contributed by atoms with van der Waals surface area (Å²) in [6.45, 7) is 2.19. The van der Waals surface area contributed by atoms with Crippen molar-refractivity contribution in [1.82, 2.24) is 5.32 Å². The molecule has 0 aliphatic rings. The molecule has 0 radical (unpaired) electrons. The molecule has 2 N–H and O–H groups in total. The van der Waals surface area contributed by atoms with Crippen molar-refractivity contribution in [3.05, 3.63) is 29.3 Å². The number of rotatable bonds is 4. The number of benzene rings is 1. The number of nitrogens with one attached hydrogen (secondary N) is 1. The van der Waals surface area contributed by atoms with Gasteiger partial charge in [0.2, 0.25) is 0 Å². The number of carbonyl (C=O) groups is 1. The number of aromatic hydroxyl groups is 1. The highest BCUT2D eigenvalue weighted by Crippen LogP contribution is 2.18. The van der Waals surface area contributed by atoms with Crippen LogP contribution in [0.5, 0.6) is 5.75 Å². The zero-order chi connectivity index (χ0) is 11.3. The maximum absolute atomic E-state index is 11.0. The lowest BCUT2D eigenvalue weighted by molar-refractivity contribution is -0.143. The Kier molecular flexibility index (Phi) is 4.12. The molecule has 82 valence electrons. The average Bonchev–Trinajstić information content (AvgIpc) is 2.20. The Morgan fingerprint density at radius 1 is 1.53 bits per heavy atom. The van der Waals surface area contributed by atoms with E-state index in [9.17, 15) is 9.90 Å². The summed E-state index contributed by atoms with van der Waals surface area (Å²) in [5.74, 6) is -0.184. The Morgan fingerprint density at radius 2 is 2.27 bits per heavy atom. The fourth-order valence-corrected chi connectivity index (χ4v) is 1.18. The third-order valence-electron chi connectivity index (χ3n) is 1.94. The fraction of sp³-hybridized carbons (Fsp3) is 0.364. The number of phenolic OH excluding ortho intramolecular Hbond substituents is 1. The van der Waals surface area contributed by atoms with Gasteiger partial charge in [-0.2, -0.15) is 0 Å². The summed E-state index contributed by atoms with van der Waals surface area (Å²) in [6, 6.07) is 5.19. The van der Waals surface area contributed by atoms with Gasteiger partial charge in [-0.15, -0.1) is 0 Å². The topological polar surface area (TPSA) is 58.6 Å². The molecule has 0 atom stereocenters. The van der Waals surface area contributed by atoms with Crippen molar-refractivity contribution in [3.8, 4) is 5.75 Å². The van der Waals surface area contributed by atoms with Crippen LogP contribution in [0, 0.1) is 6.92 Å². The van der Waals surface area contributed by atoms with Crippen LogP contribution >= 0.6 is 0 Å². The van der Waals surface area contributed by atoms with Crippen molar-refractivity contribution in [2.45, 2.75) is 13.5 Å². The van der Waals surface area contributed by atoms with E-state index in [2.05, 4.69) is 5.32 Å². The van der Waals surface area contributed by atoms with Crippen molar-refractivity contribution in [1.29, 1.82) is 0 Å². The normalized spacial score (nSPS) is 10.0. The van der Waals surface area contributed by atoms with E-state index in [1.807, 2.05) is 6.92 Å². The Labute approximate surface area is 88.9 Å². The molecule has 0 aromatic heterocycles. The molecule has 15 heavy (non-hydrogen) atoms. The lowest BCUT2D eigenvalue weighted by Gasteiger charge is -2.07. The van der Waals surface area contributed by atoms with Gasteiger partial charge in [0.1, 0.15) is 12.4 Å². The number of carbonyl (C=O) groups excluding carboxylic acids is 1. The van der Waals surface area contributed by atoms with E-state index >= 15 is 0 Å². The highest BCUT2D eigenvalue weighted by molar-refractivity contribution is 5.71. The van der Waals surface area contributed by atoms with E-state index in [4.69, 9.17) is 4.74 Å². The Balaban J connectivity index is 2.57. The number of aryl methyl sites for hydroxylation is 1. The standard InChI is InChI=1S/C11H15NO3/c1-8-3-4-10(13)9(5-8)7-15-11(14)6-12-2/h3-5,12-13H,6-7H2,1-2H3. The summed E-state index contributed by atoms with van der Waals surface area (Å²) in [4.78, 5) is 11.0. The van der Waals surface area contributed by atoms with Gasteiger partial charge in [-0.3, -0.25) is 4.79 Å². The zero-order valence-electron chi connectivity index (χ0n) is 8.91. The van der Waals surface area contributed by atoms with E-state index in [-0.39, 0.29) is 24.9 Å². The van der Waals surface area contributed by atoms with Crippen LogP contribution in [0.4, 0.5) is 0 Å². The molecular formula is C11H15NO3. The fourth-order valence-electron chi connectivity index (χ4n) is 1.18. The minimum absolute atomic E-state index is 0.105. The Hall–Kier alpha value is -1.55. The Morgan fingerprint density at radius 3 is 2.93 bits per heavy atom. The van der Waals surface area contributed by atoms with Crippen LogP contribution in [-0.4, -0.2) is 24.7 Å². The first-order valence-corrected chi connectivity index (χ1v) is 4.72. The third kappa shape index (κ3) is 3.59. The summed E-state index contributed by atoms with van der Waals surface area (Å²) < 4.78 is 4.94. The van der Waals surface area contributed by atoms with Crippen molar-refractivity contribution in [2.24, 2.45) is 0 Å². The number of ether oxygens (including phenoxy) is 1. The monoisotopic (exact) mass is 209 g/mol. The molecular weight excluding hydrogens is 194 g/mol. The molecule has 0 heterocycles. The summed E-state index contributed by atoms with van der Waals surface area (Å²) >= 11 is 0. The van der Waals surface area contributed by atoms with E-state index in [0.717, 1.165) is 5.56 Å². The number of likely N-dealkylation sites (N-methyl/N-ethyl adjacent to an activating group) is 1. The maximum Gasteiger partial charge on any atom is 0.320 e. The summed E-state index contributed by atoms with van der Waals surface area (Å²) in [6.07, 6.45) is 0. The molecule has 1 aromatic rings. The summed E-state index contributed by atoms with van der Waals surface area (Å²) in [7, 11) is 1.67. The highest BCUT2D eigenvalue weighted by atomic mass is 16.5. The molecule has 4 heteroatoms. The molecule has 0 spiro atoms. The quantitative estimate of drug-likeness (QED) is 0.725. The molecule has 0 aliphatic heterocycles. The van der Waals surface area contributed by atoms with Gasteiger partial charge in [0.25, 0.3) is 0 Å². The van der Waals surface area contributed by atoms with Gasteiger partial charge in [0.05, 0.1) is 6.54 Å². The highest BCUT2D eigenvalue weighted by Gasteiger charge is 2.05. The van der Waals surface area contributed by atoms with Crippen LogP contribution in [0.1, 0.15) is 11.1 Å². The van der Waals surface area contributed by atoms with Crippen LogP contribution in [0.2, 0.25) is 0 Å². The first-order chi connectivity index (χ1) is 7.13. The van der Waals surface area contributed by atoms with Crippen LogP contribution in [0.3, 0.4) is 0 Å². The van der Waals surface area contributed by atoms with Gasteiger partial charge in [-0.25, -0.2) is 0 Å². The van der Waals surface area contributed by atoms with Gasteiger partial charge in [-0.1, -0.05) is 11.6 Å². The smallest absolute Gasteiger partial charge is 0.320 e. The number of esters is 1. The molecule has 0 fully saturated rings. The van der Waals surface area contributed by atoms with E-state index < -0.39 is 0 Å². The third-order valence-corrected chi connectivity index (χ3v) is 1.94. The SMILES string of the molecule is CNCC(=O)OCc1cc(C)ccc1O. The average molecular weight is 209 g/mol. The predicted octanol–water partition coefficient (Wildman–Crippen LogP) is 0.963. The second kappa shape index (κ2) is 5.36. The van der Waals surface area contributed by atoms with Crippen molar-refractivity contribution < 1.29 is 14.6 Å². The van der Waals surface area contributed by atoms with E-state index in [1.165, 1.54) is 0 Å². The molecule has 0 saturated carbocycles. The molecule has 0 saturated heterocycles. The second-order valence-electron chi connectivity index (χ2n) is 3.32. The Bertz CT molecular complexity index is 350. The van der Waals surface area contributed by atoms with Gasteiger partial charge in [0.15, 0.2) is 0 Å². The molecule has 0 amide bonds. The summed E-state index contributed by atoms with van der Waals surface area (Å²) in [5, 5.41) is 12.2. The number of hydrogen-bond donors (Lipinski definition) is 2. The summed E-state index contributed by atoms with van der Waals surface area (Å²) in [5.41, 5.74) is 1.65. The van der Waals surface area contributed by atoms with Crippen LogP contribution in [0.25, 0.3) is 0 Å². The first kappa shape index (κ1) is 11.5. The van der Waals surface area contributed by atoms with Gasteiger partial charge in [-0.05, 0) is 26.1 Å². The van der Waals surface area contributed by atoms with Gasteiger partial charge in [0, 0.05) is 5.56 Å². The molecule has 0 unspecified atom stereocenters. The van der Waals surface area contributed by atoms with Gasteiger partial charge >= 0.3 is 5.97 Å². The minimum Gasteiger partial charge on any atom is -0.508 e. The van der Waals surface area contributed by atoms with Crippen molar-refractivity contribution >= 4 is 5.97 Å². The zero-order valence-corrected chi connectivity index (χ0v) is 8.91. The predicted molar refractivity (Wildman–Crippen MR) is 56.6 cm³/mol. The van der Waals surface area contributed by atoms with Crippen LogP contribution in [0.15, 0.2) is 18.2 Å². The molecule has 0 bridgehead atoms. The van der Waals surface area contributed by atoms with Crippen LogP contribution < -0.4 is 5.32 Å². The molecule has 1 aromatic carbocycles. The first-order valence-electron chi connectivity index (χ1n) is 4.72. The van der Waals surface area contributed by atoms with E-state index in [0.29, 0.717) is 5.56 Å². The number of hydrogen-bond acceptors (Lipinski definition) is 4. The van der Waals surface area contributed by atoms with Crippen LogP contribution in [-0.2, 0) is 16.1 Å². The molecule has 1 rings (SSSR count). The number of phenols is 1. The second-order valence-corrected chi connectivity index (χ2v) is 3.32. The van der Waals surface area contributed by atoms with Crippen molar-refractivity contribution in [2.75, 3.05) is 13.6 Å². The van der Waals surface area contributed by atoms with Crippen molar-refractivity contribution in [3.63, 3.8) is 0 Å². The maximum atomic E-state index is 11.0.